The molecule has 0 saturated carbocycles. The molecule has 1 aromatic carbocycles. The van der Waals surface area contributed by atoms with Gasteiger partial charge in [0.1, 0.15) is 0 Å². The lowest BCUT2D eigenvalue weighted by Crippen LogP contribution is -2.46. The minimum absolute atomic E-state index is 0.0722. The fourth-order valence-electron chi connectivity index (χ4n) is 4.53. The molecule has 2 aliphatic rings. The highest BCUT2D eigenvalue weighted by molar-refractivity contribution is 5.82. The Balaban J connectivity index is 1.44. The van der Waals surface area contributed by atoms with Crippen LogP contribution in [-0.2, 0) is 11.3 Å². The Morgan fingerprint density at radius 3 is 2.71 bits per heavy atom. The number of benzene rings is 1. The molecule has 6 nitrogen and oxygen atoms in total. The van der Waals surface area contributed by atoms with Gasteiger partial charge in [0.2, 0.25) is 5.91 Å². The fourth-order valence-corrected chi connectivity index (χ4v) is 4.53. The van der Waals surface area contributed by atoms with Crippen LogP contribution in [0, 0.1) is 5.41 Å². The summed E-state index contributed by atoms with van der Waals surface area (Å²) >= 11 is 0. The van der Waals surface area contributed by atoms with Crippen molar-refractivity contribution in [2.24, 2.45) is 5.41 Å². The molecule has 1 spiro atoms. The van der Waals surface area contributed by atoms with Crippen LogP contribution in [0.2, 0.25) is 0 Å². The van der Waals surface area contributed by atoms with Crippen molar-refractivity contribution < 1.29 is 4.79 Å². The Kier molecular flexibility index (Phi) is 5.51. The van der Waals surface area contributed by atoms with Crippen molar-refractivity contribution >= 4 is 5.91 Å². The maximum atomic E-state index is 13.3. The first kappa shape index (κ1) is 19.2. The third-order valence-electron chi connectivity index (χ3n) is 6.27. The molecule has 2 aromatic rings. The molecule has 2 fully saturated rings. The first-order valence-corrected chi connectivity index (χ1v) is 10.4. The molecular weight excluding hydrogens is 350 g/mol. The van der Waals surface area contributed by atoms with Crippen LogP contribution < -0.4 is 10.6 Å². The molecule has 1 atom stereocenters. The number of piperidine rings is 1. The van der Waals surface area contributed by atoms with Gasteiger partial charge in [-0.1, -0.05) is 30.3 Å². The molecule has 2 aliphatic heterocycles. The monoisotopic (exact) mass is 381 g/mol. The van der Waals surface area contributed by atoms with E-state index < -0.39 is 0 Å². The van der Waals surface area contributed by atoms with E-state index in [4.69, 9.17) is 0 Å². The molecule has 0 bridgehead atoms. The maximum absolute atomic E-state index is 13.3. The Hall–Kier alpha value is -2.18. The number of rotatable bonds is 5. The number of amides is 1. The average Bonchev–Trinajstić information content (AvgIpc) is 3.34. The van der Waals surface area contributed by atoms with Crippen LogP contribution in [0.3, 0.4) is 0 Å². The largest absolute Gasteiger partial charge is 0.333 e. The molecule has 28 heavy (non-hydrogen) atoms. The first-order chi connectivity index (χ1) is 13.6. The van der Waals surface area contributed by atoms with Gasteiger partial charge in [0.15, 0.2) is 0 Å². The number of nitrogens with zero attached hydrogens (tertiary/aromatic N) is 2. The van der Waals surface area contributed by atoms with E-state index in [0.29, 0.717) is 12.0 Å². The Morgan fingerprint density at radius 1 is 1.25 bits per heavy atom. The summed E-state index contributed by atoms with van der Waals surface area (Å²) in [7, 11) is 0. The molecule has 0 unspecified atom stereocenters. The number of H-pyrrole nitrogens is 1. The number of nitrogens with one attached hydrogen (secondary N) is 3. The molecular formula is C22H31N5O. The second-order valence-electron chi connectivity index (χ2n) is 8.59. The van der Waals surface area contributed by atoms with Crippen molar-refractivity contribution in [3.05, 3.63) is 42.1 Å². The van der Waals surface area contributed by atoms with Crippen molar-refractivity contribution in [1.29, 1.82) is 0 Å². The van der Waals surface area contributed by atoms with E-state index in [1.807, 2.05) is 41.3 Å². The highest BCUT2D eigenvalue weighted by atomic mass is 16.2. The minimum atomic E-state index is -0.0722. The van der Waals surface area contributed by atoms with E-state index >= 15 is 0 Å². The van der Waals surface area contributed by atoms with E-state index in [1.54, 1.807) is 0 Å². The van der Waals surface area contributed by atoms with Crippen LogP contribution >= 0.6 is 0 Å². The van der Waals surface area contributed by atoms with Gasteiger partial charge in [-0.25, -0.2) is 0 Å². The molecule has 1 amide bonds. The number of carbonyl (C=O) groups excluding carboxylic acids is 1. The summed E-state index contributed by atoms with van der Waals surface area (Å²) in [5.41, 5.74) is 3.26. The second-order valence-corrected chi connectivity index (χ2v) is 8.59. The van der Waals surface area contributed by atoms with Crippen LogP contribution in [-0.4, -0.2) is 52.7 Å². The van der Waals surface area contributed by atoms with Crippen molar-refractivity contribution in [3.63, 3.8) is 0 Å². The van der Waals surface area contributed by atoms with Crippen LogP contribution in [0.5, 0.6) is 0 Å². The minimum Gasteiger partial charge on any atom is -0.333 e. The normalized spacial score (nSPS) is 21.3. The zero-order valence-electron chi connectivity index (χ0n) is 16.9. The lowest BCUT2D eigenvalue weighted by Gasteiger charge is -2.33. The van der Waals surface area contributed by atoms with Gasteiger partial charge < -0.3 is 15.5 Å². The van der Waals surface area contributed by atoms with Crippen molar-refractivity contribution in [2.45, 2.75) is 51.7 Å². The van der Waals surface area contributed by atoms with E-state index in [0.717, 1.165) is 55.8 Å². The third kappa shape index (κ3) is 3.98. The van der Waals surface area contributed by atoms with Gasteiger partial charge >= 0.3 is 0 Å². The lowest BCUT2D eigenvalue weighted by atomic mass is 9.77. The maximum Gasteiger partial charge on any atom is 0.240 e. The molecule has 0 radical (unpaired) electrons. The second kappa shape index (κ2) is 8.05. The highest BCUT2D eigenvalue weighted by Gasteiger charge is 2.43. The zero-order chi connectivity index (χ0) is 19.6. The SMILES string of the molecule is CC(C)N(Cc1cc(-c2ccccc2)n[nH]1)C(=O)[C@H]1CC2(CCNCC2)CN1. The van der Waals surface area contributed by atoms with Gasteiger partial charge in [-0.3, -0.25) is 9.89 Å². The summed E-state index contributed by atoms with van der Waals surface area (Å²) in [5.74, 6) is 0.210. The summed E-state index contributed by atoms with van der Waals surface area (Å²) in [4.78, 5) is 15.3. The smallest absolute Gasteiger partial charge is 0.240 e. The molecule has 1 aromatic heterocycles. The molecule has 150 valence electrons. The van der Waals surface area contributed by atoms with E-state index in [-0.39, 0.29) is 18.0 Å². The average molecular weight is 382 g/mol. The van der Waals surface area contributed by atoms with Crippen LogP contribution in [0.1, 0.15) is 38.8 Å². The zero-order valence-corrected chi connectivity index (χ0v) is 16.9. The van der Waals surface area contributed by atoms with E-state index in [2.05, 4.69) is 34.7 Å². The van der Waals surface area contributed by atoms with Crippen LogP contribution in [0.15, 0.2) is 36.4 Å². The number of aromatic amines is 1. The number of hydrogen-bond acceptors (Lipinski definition) is 4. The van der Waals surface area contributed by atoms with Crippen molar-refractivity contribution in [1.82, 2.24) is 25.7 Å². The van der Waals surface area contributed by atoms with Crippen LogP contribution in [0.4, 0.5) is 0 Å². The summed E-state index contributed by atoms with van der Waals surface area (Å²) < 4.78 is 0. The van der Waals surface area contributed by atoms with Gasteiger partial charge in [0, 0.05) is 18.2 Å². The Labute approximate surface area is 167 Å². The number of carbonyl (C=O) groups is 1. The third-order valence-corrected chi connectivity index (χ3v) is 6.27. The molecule has 0 aliphatic carbocycles. The predicted octanol–water partition coefficient (Wildman–Crippen LogP) is 2.55. The lowest BCUT2D eigenvalue weighted by molar-refractivity contribution is -0.135. The summed E-state index contributed by atoms with van der Waals surface area (Å²) in [6.45, 7) is 7.81. The molecule has 4 rings (SSSR count). The summed E-state index contributed by atoms with van der Waals surface area (Å²) in [6.07, 6.45) is 3.27. The van der Waals surface area contributed by atoms with Gasteiger partial charge in [-0.2, -0.15) is 5.10 Å². The Bertz CT molecular complexity index is 794. The summed E-state index contributed by atoms with van der Waals surface area (Å²) in [5, 5.41) is 14.5. The van der Waals surface area contributed by atoms with E-state index in [1.165, 1.54) is 0 Å². The molecule has 3 N–H and O–H groups in total. The van der Waals surface area contributed by atoms with Gasteiger partial charge in [0.05, 0.1) is 24.0 Å². The standard InChI is InChI=1S/C22H31N5O/c1-16(2)27(14-18-12-19(26-25-18)17-6-4-3-5-7-17)21(28)20-13-22(15-24-20)8-10-23-11-9-22/h3-7,12,16,20,23-24H,8-11,13-15H2,1-2H3,(H,25,26)/t20-/m1/s1. The molecule has 6 heteroatoms. The topological polar surface area (TPSA) is 73.0 Å². The van der Waals surface area contributed by atoms with Gasteiger partial charge in [-0.15, -0.1) is 0 Å². The number of aromatic nitrogens is 2. The van der Waals surface area contributed by atoms with Crippen LogP contribution in [0.25, 0.3) is 11.3 Å². The first-order valence-electron chi connectivity index (χ1n) is 10.4. The van der Waals surface area contributed by atoms with Gasteiger partial charge in [-0.05, 0) is 57.7 Å². The van der Waals surface area contributed by atoms with Crippen molar-refractivity contribution in [2.75, 3.05) is 19.6 Å². The highest BCUT2D eigenvalue weighted by Crippen LogP contribution is 2.38. The summed E-state index contributed by atoms with van der Waals surface area (Å²) in [6, 6.07) is 12.2. The predicted molar refractivity (Wildman–Crippen MR) is 111 cm³/mol. The molecule has 3 heterocycles. The van der Waals surface area contributed by atoms with E-state index in [9.17, 15) is 4.79 Å². The Morgan fingerprint density at radius 2 is 2.00 bits per heavy atom. The quantitative estimate of drug-likeness (QED) is 0.744. The van der Waals surface area contributed by atoms with Gasteiger partial charge in [0.25, 0.3) is 0 Å². The fraction of sp³-hybridized carbons (Fsp3) is 0.545. The number of hydrogen-bond donors (Lipinski definition) is 3. The van der Waals surface area contributed by atoms with Crippen molar-refractivity contribution in [3.8, 4) is 11.3 Å². The molecule has 2 saturated heterocycles.